The second-order valence-electron chi connectivity index (χ2n) is 4.27. The fourth-order valence-electron chi connectivity index (χ4n) is 1.69. The van der Waals surface area contributed by atoms with Gasteiger partial charge in [0.2, 0.25) is 5.91 Å². The van der Waals surface area contributed by atoms with Crippen molar-refractivity contribution in [2.75, 3.05) is 20.6 Å². The molecule has 0 aliphatic heterocycles. The van der Waals surface area contributed by atoms with Crippen LogP contribution in [-0.2, 0) is 11.3 Å². The summed E-state index contributed by atoms with van der Waals surface area (Å²) in [4.78, 5) is 17.6. The topological polar surface area (TPSA) is 45.2 Å². The lowest BCUT2D eigenvalue weighted by Gasteiger charge is -2.20. The van der Waals surface area contributed by atoms with Gasteiger partial charge in [0.25, 0.3) is 0 Å². The van der Waals surface area contributed by atoms with Crippen LogP contribution in [0, 0.1) is 5.92 Å². The highest BCUT2D eigenvalue weighted by Gasteiger charge is 2.15. The highest BCUT2D eigenvalue weighted by molar-refractivity contribution is 6.32. The number of halogens is 2. The van der Waals surface area contributed by atoms with Gasteiger partial charge in [-0.3, -0.25) is 9.69 Å². The number of nitrogens with zero attached hydrogens (tertiary/aromatic N) is 2. The molecule has 1 amide bonds. The summed E-state index contributed by atoms with van der Waals surface area (Å²) in [5.41, 5.74) is 0.718. The largest absolute Gasteiger partial charge is 0.359 e. The van der Waals surface area contributed by atoms with E-state index in [-0.39, 0.29) is 11.8 Å². The standard InChI is InChI=1S/C12H17Cl2N3O/c1-8(12(18)15-2)6-17(3)7-10-9(13)4-5-11(14)16-10/h4-5,8H,6-7H2,1-3H3,(H,15,18). The van der Waals surface area contributed by atoms with Gasteiger partial charge in [0.05, 0.1) is 10.7 Å². The summed E-state index contributed by atoms with van der Waals surface area (Å²) in [6, 6.07) is 3.38. The monoisotopic (exact) mass is 289 g/mol. The van der Waals surface area contributed by atoms with Crippen LogP contribution >= 0.6 is 23.2 Å². The molecular formula is C12H17Cl2N3O. The number of carbonyl (C=O) groups is 1. The number of aromatic nitrogens is 1. The smallest absolute Gasteiger partial charge is 0.223 e. The first-order chi connectivity index (χ1) is 8.43. The van der Waals surface area contributed by atoms with Crippen LogP contribution in [0.25, 0.3) is 0 Å². The first-order valence-electron chi connectivity index (χ1n) is 5.65. The van der Waals surface area contributed by atoms with Crippen molar-refractivity contribution in [1.29, 1.82) is 0 Å². The van der Waals surface area contributed by atoms with Crippen LogP contribution in [-0.4, -0.2) is 36.4 Å². The summed E-state index contributed by atoms with van der Waals surface area (Å²) in [6.07, 6.45) is 0. The van der Waals surface area contributed by atoms with Crippen LogP contribution in [0.5, 0.6) is 0 Å². The first-order valence-corrected chi connectivity index (χ1v) is 6.40. The lowest BCUT2D eigenvalue weighted by Crippen LogP contribution is -2.34. The number of amides is 1. The Hall–Kier alpha value is -0.840. The zero-order valence-corrected chi connectivity index (χ0v) is 12.2. The van der Waals surface area contributed by atoms with E-state index in [1.165, 1.54) is 0 Å². The maximum Gasteiger partial charge on any atom is 0.223 e. The molecule has 0 aromatic carbocycles. The molecule has 0 spiro atoms. The van der Waals surface area contributed by atoms with E-state index in [1.807, 2.05) is 18.9 Å². The Kier molecular flexibility index (Phi) is 5.85. The Morgan fingerprint density at radius 3 is 2.78 bits per heavy atom. The number of hydrogen-bond acceptors (Lipinski definition) is 3. The van der Waals surface area contributed by atoms with E-state index in [0.29, 0.717) is 23.3 Å². The molecule has 1 aromatic heterocycles. The van der Waals surface area contributed by atoms with Crippen molar-refractivity contribution in [3.8, 4) is 0 Å². The van der Waals surface area contributed by atoms with Gasteiger partial charge in [0, 0.05) is 26.1 Å². The van der Waals surface area contributed by atoms with Crippen molar-refractivity contribution >= 4 is 29.1 Å². The van der Waals surface area contributed by atoms with Gasteiger partial charge in [-0.15, -0.1) is 0 Å². The van der Waals surface area contributed by atoms with E-state index in [4.69, 9.17) is 23.2 Å². The molecule has 18 heavy (non-hydrogen) atoms. The molecule has 1 heterocycles. The zero-order chi connectivity index (χ0) is 13.7. The van der Waals surface area contributed by atoms with Crippen LogP contribution in [0.1, 0.15) is 12.6 Å². The fraction of sp³-hybridized carbons (Fsp3) is 0.500. The molecule has 0 aliphatic rings. The minimum atomic E-state index is -0.0852. The third kappa shape index (κ3) is 4.44. The van der Waals surface area contributed by atoms with E-state index in [9.17, 15) is 4.79 Å². The minimum Gasteiger partial charge on any atom is -0.359 e. The minimum absolute atomic E-state index is 0.0204. The van der Waals surface area contributed by atoms with Crippen molar-refractivity contribution in [2.24, 2.45) is 5.92 Å². The third-order valence-corrected chi connectivity index (χ3v) is 3.14. The molecule has 0 bridgehead atoms. The van der Waals surface area contributed by atoms with E-state index >= 15 is 0 Å². The number of carbonyl (C=O) groups excluding carboxylic acids is 1. The summed E-state index contributed by atoms with van der Waals surface area (Å²) in [6.45, 7) is 3.06. The van der Waals surface area contributed by atoms with Gasteiger partial charge in [0.1, 0.15) is 5.15 Å². The Labute approximate surface area is 117 Å². The molecule has 6 heteroatoms. The van der Waals surface area contributed by atoms with Crippen molar-refractivity contribution in [3.63, 3.8) is 0 Å². The summed E-state index contributed by atoms with van der Waals surface area (Å²) < 4.78 is 0. The third-order valence-electron chi connectivity index (χ3n) is 2.58. The van der Waals surface area contributed by atoms with E-state index in [0.717, 1.165) is 5.69 Å². The molecule has 1 rings (SSSR count). The average molecular weight is 290 g/mol. The number of pyridine rings is 1. The Morgan fingerprint density at radius 2 is 2.17 bits per heavy atom. The fourth-order valence-corrected chi connectivity index (χ4v) is 2.02. The maximum atomic E-state index is 11.4. The Morgan fingerprint density at radius 1 is 1.50 bits per heavy atom. The molecule has 4 nitrogen and oxygen atoms in total. The summed E-state index contributed by atoms with van der Waals surface area (Å²) >= 11 is 11.9. The van der Waals surface area contributed by atoms with Gasteiger partial charge in [0.15, 0.2) is 0 Å². The van der Waals surface area contributed by atoms with Gasteiger partial charge in [-0.25, -0.2) is 4.98 Å². The maximum absolute atomic E-state index is 11.4. The molecule has 0 fully saturated rings. The molecule has 0 radical (unpaired) electrons. The summed E-state index contributed by atoms with van der Waals surface area (Å²) in [5, 5.41) is 3.63. The summed E-state index contributed by atoms with van der Waals surface area (Å²) in [7, 11) is 3.55. The molecule has 1 N–H and O–H groups in total. The van der Waals surface area contributed by atoms with Crippen LogP contribution in [0.2, 0.25) is 10.2 Å². The molecule has 1 atom stereocenters. The van der Waals surface area contributed by atoms with Crippen LogP contribution < -0.4 is 5.32 Å². The molecule has 0 saturated carbocycles. The molecule has 0 saturated heterocycles. The van der Waals surface area contributed by atoms with Crippen molar-refractivity contribution in [3.05, 3.63) is 28.0 Å². The molecule has 1 unspecified atom stereocenters. The SMILES string of the molecule is CNC(=O)C(C)CN(C)Cc1nc(Cl)ccc1Cl. The second-order valence-corrected chi connectivity index (χ2v) is 5.07. The summed E-state index contributed by atoms with van der Waals surface area (Å²) in [5.74, 6) is -0.0649. The normalized spacial score (nSPS) is 12.6. The molecule has 0 aliphatic carbocycles. The van der Waals surface area contributed by atoms with E-state index < -0.39 is 0 Å². The number of hydrogen-bond donors (Lipinski definition) is 1. The van der Waals surface area contributed by atoms with Gasteiger partial charge in [-0.2, -0.15) is 0 Å². The van der Waals surface area contributed by atoms with Crippen LogP contribution in [0.4, 0.5) is 0 Å². The van der Waals surface area contributed by atoms with Crippen molar-refractivity contribution in [1.82, 2.24) is 15.2 Å². The lowest BCUT2D eigenvalue weighted by atomic mass is 10.1. The molecule has 100 valence electrons. The van der Waals surface area contributed by atoms with Gasteiger partial charge < -0.3 is 5.32 Å². The van der Waals surface area contributed by atoms with E-state index in [1.54, 1.807) is 19.2 Å². The first kappa shape index (κ1) is 15.2. The van der Waals surface area contributed by atoms with Gasteiger partial charge in [-0.05, 0) is 19.2 Å². The van der Waals surface area contributed by atoms with Gasteiger partial charge >= 0.3 is 0 Å². The van der Waals surface area contributed by atoms with E-state index in [2.05, 4.69) is 10.3 Å². The molecule has 1 aromatic rings. The highest BCUT2D eigenvalue weighted by atomic mass is 35.5. The van der Waals surface area contributed by atoms with Crippen molar-refractivity contribution < 1.29 is 4.79 Å². The zero-order valence-electron chi connectivity index (χ0n) is 10.7. The lowest BCUT2D eigenvalue weighted by molar-refractivity contribution is -0.124. The average Bonchev–Trinajstić information content (AvgIpc) is 2.32. The van der Waals surface area contributed by atoms with Crippen molar-refractivity contribution in [2.45, 2.75) is 13.5 Å². The van der Waals surface area contributed by atoms with Crippen LogP contribution in [0.15, 0.2) is 12.1 Å². The predicted molar refractivity (Wildman–Crippen MR) is 73.8 cm³/mol. The number of rotatable bonds is 5. The van der Waals surface area contributed by atoms with Gasteiger partial charge in [-0.1, -0.05) is 30.1 Å². The Bertz CT molecular complexity index is 426. The Balaban J connectivity index is 2.61. The number of nitrogens with one attached hydrogen (secondary N) is 1. The quantitative estimate of drug-likeness (QED) is 0.846. The predicted octanol–water partition coefficient (Wildman–Crippen LogP) is 2.20. The molecular weight excluding hydrogens is 273 g/mol. The van der Waals surface area contributed by atoms with Crippen LogP contribution in [0.3, 0.4) is 0 Å². The second kappa shape index (κ2) is 6.92. The highest BCUT2D eigenvalue weighted by Crippen LogP contribution is 2.18.